The van der Waals surface area contributed by atoms with Gasteiger partial charge in [-0.05, 0) is 49.9 Å². The van der Waals surface area contributed by atoms with E-state index < -0.39 is 0 Å². The quantitative estimate of drug-likeness (QED) is 0.749. The standard InChI is InChI=1S/C16H25N3O/c17-16(20)5-4-10-18-13-14-6-8-15(9-7-14)19-11-2-1-3-12-19/h6-9,18H,1-5,10-13H2,(H2,17,20). The Hall–Kier alpha value is -1.55. The Kier molecular flexibility index (Phi) is 5.87. The first-order valence-electron chi connectivity index (χ1n) is 7.58. The third-order valence-corrected chi connectivity index (χ3v) is 3.76. The molecule has 0 aromatic heterocycles. The second-order valence-corrected chi connectivity index (χ2v) is 5.46. The molecule has 0 unspecified atom stereocenters. The molecule has 0 bridgehead atoms. The van der Waals surface area contributed by atoms with Gasteiger partial charge in [-0.15, -0.1) is 0 Å². The number of hydrogen-bond acceptors (Lipinski definition) is 3. The van der Waals surface area contributed by atoms with Crippen LogP contribution in [-0.4, -0.2) is 25.5 Å². The number of benzene rings is 1. The van der Waals surface area contributed by atoms with E-state index in [9.17, 15) is 4.79 Å². The van der Waals surface area contributed by atoms with Gasteiger partial charge in [0.25, 0.3) is 0 Å². The smallest absolute Gasteiger partial charge is 0.217 e. The summed E-state index contributed by atoms with van der Waals surface area (Å²) in [6.07, 6.45) is 5.25. The first-order chi connectivity index (χ1) is 9.75. The molecule has 0 atom stereocenters. The topological polar surface area (TPSA) is 58.4 Å². The molecule has 4 nitrogen and oxygen atoms in total. The number of carbonyl (C=O) groups is 1. The number of hydrogen-bond donors (Lipinski definition) is 2. The van der Waals surface area contributed by atoms with Gasteiger partial charge in [0, 0.05) is 31.7 Å². The zero-order chi connectivity index (χ0) is 14.2. The number of piperidine rings is 1. The van der Waals surface area contributed by atoms with Crippen LogP contribution >= 0.6 is 0 Å². The van der Waals surface area contributed by atoms with Crippen molar-refractivity contribution in [2.45, 2.75) is 38.6 Å². The number of primary amides is 1. The molecule has 1 amide bonds. The van der Waals surface area contributed by atoms with Crippen LogP contribution in [0.4, 0.5) is 5.69 Å². The van der Waals surface area contributed by atoms with Crippen molar-refractivity contribution in [3.8, 4) is 0 Å². The lowest BCUT2D eigenvalue weighted by molar-refractivity contribution is -0.118. The highest BCUT2D eigenvalue weighted by atomic mass is 16.1. The van der Waals surface area contributed by atoms with Gasteiger partial charge in [-0.2, -0.15) is 0 Å². The van der Waals surface area contributed by atoms with E-state index in [4.69, 9.17) is 5.73 Å². The predicted octanol–water partition coefficient (Wildman–Crippen LogP) is 2.03. The fourth-order valence-corrected chi connectivity index (χ4v) is 2.60. The van der Waals surface area contributed by atoms with Crippen LogP contribution < -0.4 is 16.0 Å². The largest absolute Gasteiger partial charge is 0.372 e. The molecule has 1 fully saturated rings. The molecule has 4 heteroatoms. The minimum atomic E-state index is -0.224. The van der Waals surface area contributed by atoms with E-state index in [-0.39, 0.29) is 5.91 Å². The first kappa shape index (κ1) is 14.9. The Morgan fingerprint density at radius 3 is 2.50 bits per heavy atom. The fourth-order valence-electron chi connectivity index (χ4n) is 2.60. The number of rotatable bonds is 7. The first-order valence-corrected chi connectivity index (χ1v) is 7.58. The average Bonchev–Trinajstić information content (AvgIpc) is 2.48. The van der Waals surface area contributed by atoms with E-state index in [2.05, 4.69) is 34.5 Å². The number of carbonyl (C=O) groups excluding carboxylic acids is 1. The maximum atomic E-state index is 10.6. The Labute approximate surface area is 121 Å². The highest BCUT2D eigenvalue weighted by Gasteiger charge is 2.10. The van der Waals surface area contributed by atoms with Crippen molar-refractivity contribution in [2.75, 3.05) is 24.5 Å². The normalized spacial score (nSPS) is 15.3. The van der Waals surface area contributed by atoms with Crippen LogP contribution in [0.15, 0.2) is 24.3 Å². The molecule has 1 aliphatic heterocycles. The molecular weight excluding hydrogens is 250 g/mol. The molecule has 1 aliphatic rings. The Morgan fingerprint density at radius 1 is 1.15 bits per heavy atom. The van der Waals surface area contributed by atoms with Crippen LogP contribution in [0.3, 0.4) is 0 Å². The van der Waals surface area contributed by atoms with Crippen LogP contribution in [0, 0.1) is 0 Å². The zero-order valence-electron chi connectivity index (χ0n) is 12.1. The van der Waals surface area contributed by atoms with Gasteiger partial charge < -0.3 is 16.0 Å². The second kappa shape index (κ2) is 7.90. The van der Waals surface area contributed by atoms with Gasteiger partial charge in [0.2, 0.25) is 5.91 Å². The minimum Gasteiger partial charge on any atom is -0.372 e. The minimum absolute atomic E-state index is 0.224. The lowest BCUT2D eigenvalue weighted by Crippen LogP contribution is -2.29. The number of nitrogens with two attached hydrogens (primary N) is 1. The lowest BCUT2D eigenvalue weighted by Gasteiger charge is -2.28. The van der Waals surface area contributed by atoms with Crippen molar-refractivity contribution in [3.63, 3.8) is 0 Å². The van der Waals surface area contributed by atoms with Crippen LogP contribution in [0.2, 0.25) is 0 Å². The molecule has 0 aliphatic carbocycles. The van der Waals surface area contributed by atoms with E-state index in [1.165, 1.54) is 43.6 Å². The van der Waals surface area contributed by atoms with Gasteiger partial charge in [-0.1, -0.05) is 12.1 Å². The Bertz CT molecular complexity index is 410. The summed E-state index contributed by atoms with van der Waals surface area (Å²) in [5.74, 6) is -0.224. The lowest BCUT2D eigenvalue weighted by atomic mass is 10.1. The number of nitrogens with one attached hydrogen (secondary N) is 1. The Morgan fingerprint density at radius 2 is 1.85 bits per heavy atom. The molecule has 0 spiro atoms. The van der Waals surface area contributed by atoms with Crippen molar-refractivity contribution >= 4 is 11.6 Å². The monoisotopic (exact) mass is 275 g/mol. The van der Waals surface area contributed by atoms with Crippen LogP contribution in [0.5, 0.6) is 0 Å². The van der Waals surface area contributed by atoms with E-state index in [1.54, 1.807) is 0 Å². The highest BCUT2D eigenvalue weighted by molar-refractivity contribution is 5.73. The molecule has 2 rings (SSSR count). The molecule has 20 heavy (non-hydrogen) atoms. The molecule has 1 aromatic carbocycles. The Balaban J connectivity index is 1.72. The van der Waals surface area contributed by atoms with Crippen molar-refractivity contribution in [1.82, 2.24) is 5.32 Å². The van der Waals surface area contributed by atoms with Gasteiger partial charge in [0.1, 0.15) is 0 Å². The van der Waals surface area contributed by atoms with E-state index in [0.29, 0.717) is 6.42 Å². The number of anilines is 1. The summed E-state index contributed by atoms with van der Waals surface area (Å²) in [6.45, 7) is 4.05. The third kappa shape index (κ3) is 4.85. The molecule has 0 radical (unpaired) electrons. The number of amides is 1. The van der Waals surface area contributed by atoms with Crippen LogP contribution in [0.25, 0.3) is 0 Å². The predicted molar refractivity (Wildman–Crippen MR) is 82.6 cm³/mol. The molecular formula is C16H25N3O. The van der Waals surface area contributed by atoms with Crippen molar-refractivity contribution in [1.29, 1.82) is 0 Å². The molecule has 1 aromatic rings. The SMILES string of the molecule is NC(=O)CCCNCc1ccc(N2CCCCC2)cc1. The summed E-state index contributed by atoms with van der Waals surface area (Å²) in [7, 11) is 0. The van der Waals surface area contributed by atoms with E-state index >= 15 is 0 Å². The maximum Gasteiger partial charge on any atom is 0.217 e. The van der Waals surface area contributed by atoms with Crippen LogP contribution in [-0.2, 0) is 11.3 Å². The van der Waals surface area contributed by atoms with E-state index in [1.807, 2.05) is 0 Å². The molecule has 110 valence electrons. The third-order valence-electron chi connectivity index (χ3n) is 3.76. The highest BCUT2D eigenvalue weighted by Crippen LogP contribution is 2.20. The van der Waals surface area contributed by atoms with Gasteiger partial charge in [0.15, 0.2) is 0 Å². The molecule has 1 heterocycles. The molecule has 0 saturated carbocycles. The summed E-state index contributed by atoms with van der Waals surface area (Å²) in [4.78, 5) is 13.1. The molecule has 1 saturated heterocycles. The van der Waals surface area contributed by atoms with Crippen molar-refractivity contribution in [3.05, 3.63) is 29.8 Å². The summed E-state index contributed by atoms with van der Waals surface area (Å²) >= 11 is 0. The molecule has 3 N–H and O–H groups in total. The van der Waals surface area contributed by atoms with Crippen molar-refractivity contribution in [2.24, 2.45) is 5.73 Å². The van der Waals surface area contributed by atoms with Gasteiger partial charge >= 0.3 is 0 Å². The maximum absolute atomic E-state index is 10.6. The second-order valence-electron chi connectivity index (χ2n) is 5.46. The van der Waals surface area contributed by atoms with E-state index in [0.717, 1.165) is 19.5 Å². The van der Waals surface area contributed by atoms with Crippen molar-refractivity contribution < 1.29 is 4.79 Å². The summed E-state index contributed by atoms with van der Waals surface area (Å²) in [6, 6.07) is 8.80. The number of nitrogens with zero attached hydrogens (tertiary/aromatic N) is 1. The van der Waals surface area contributed by atoms with Crippen LogP contribution in [0.1, 0.15) is 37.7 Å². The summed E-state index contributed by atoms with van der Waals surface area (Å²) < 4.78 is 0. The van der Waals surface area contributed by atoms with Gasteiger partial charge in [0.05, 0.1) is 0 Å². The zero-order valence-corrected chi connectivity index (χ0v) is 12.1. The summed E-state index contributed by atoms with van der Waals surface area (Å²) in [5, 5.41) is 3.33. The average molecular weight is 275 g/mol. The van der Waals surface area contributed by atoms with Gasteiger partial charge in [-0.3, -0.25) is 4.79 Å². The fraction of sp³-hybridized carbons (Fsp3) is 0.562. The summed E-state index contributed by atoms with van der Waals surface area (Å²) in [5.41, 5.74) is 7.72. The van der Waals surface area contributed by atoms with Gasteiger partial charge in [-0.25, -0.2) is 0 Å².